The lowest BCUT2D eigenvalue weighted by Gasteiger charge is -2.00. The summed E-state index contributed by atoms with van der Waals surface area (Å²) in [6, 6.07) is 5.74. The number of carbonyl (C=O) groups excluding carboxylic acids is 1. The number of hydrogen-bond acceptors (Lipinski definition) is 2. The van der Waals surface area contributed by atoms with Crippen molar-refractivity contribution in [3.8, 4) is 0 Å². The first-order valence-electron chi connectivity index (χ1n) is 5.64. The Morgan fingerprint density at radius 1 is 1.44 bits per heavy atom. The van der Waals surface area contributed by atoms with Crippen LogP contribution in [0.15, 0.2) is 18.2 Å². The molecule has 2 aromatic rings. The molecule has 0 amide bonds. The second-order valence-electron chi connectivity index (χ2n) is 4.56. The van der Waals surface area contributed by atoms with Crippen molar-refractivity contribution in [2.45, 2.75) is 25.7 Å². The van der Waals surface area contributed by atoms with Crippen LogP contribution in [0.3, 0.4) is 0 Å². The van der Waals surface area contributed by atoms with E-state index in [1.807, 2.05) is 25.2 Å². The fourth-order valence-electron chi connectivity index (χ4n) is 2.13. The number of aromatic nitrogens is 2. The molecule has 1 fully saturated rings. The van der Waals surface area contributed by atoms with E-state index in [4.69, 9.17) is 0 Å². The van der Waals surface area contributed by atoms with E-state index in [2.05, 4.69) is 9.55 Å². The number of imidazole rings is 1. The molecule has 1 aromatic carbocycles. The highest BCUT2D eigenvalue weighted by Gasteiger charge is 2.28. The summed E-state index contributed by atoms with van der Waals surface area (Å²) in [7, 11) is 2.03. The molecule has 1 aromatic heterocycles. The molecule has 0 spiro atoms. The van der Waals surface area contributed by atoms with Crippen LogP contribution in [0.2, 0.25) is 0 Å². The number of hydrogen-bond donors (Lipinski definition) is 0. The summed E-state index contributed by atoms with van der Waals surface area (Å²) in [5.41, 5.74) is 2.82. The lowest BCUT2D eigenvalue weighted by Crippen LogP contribution is -1.96. The van der Waals surface area contributed by atoms with E-state index in [0.717, 1.165) is 22.4 Å². The maximum absolute atomic E-state index is 11.3. The molecule has 0 saturated heterocycles. The molecule has 1 aliphatic carbocycles. The fourth-order valence-corrected chi connectivity index (χ4v) is 2.13. The Hall–Kier alpha value is -1.64. The Balaban J connectivity index is 2.22. The average Bonchev–Trinajstić information content (AvgIpc) is 3.04. The number of Topliss-reactive ketones (excluding diaryl/α,β-unsaturated/α-hetero) is 1. The molecule has 16 heavy (non-hydrogen) atoms. The van der Waals surface area contributed by atoms with E-state index in [-0.39, 0.29) is 5.78 Å². The lowest BCUT2D eigenvalue weighted by atomic mass is 10.1. The van der Waals surface area contributed by atoms with Crippen molar-refractivity contribution < 1.29 is 4.79 Å². The monoisotopic (exact) mass is 214 g/mol. The number of nitrogens with zero attached hydrogens (tertiary/aromatic N) is 2. The Kier molecular flexibility index (Phi) is 1.90. The molecule has 1 saturated carbocycles. The van der Waals surface area contributed by atoms with Gasteiger partial charge in [-0.25, -0.2) is 4.98 Å². The number of fused-ring (bicyclic) bond motifs is 1. The Morgan fingerprint density at radius 2 is 2.19 bits per heavy atom. The predicted octanol–water partition coefficient (Wildman–Crippen LogP) is 2.65. The number of aryl methyl sites for hydroxylation is 1. The molecule has 0 N–H and O–H groups in total. The number of rotatable bonds is 2. The first-order chi connectivity index (χ1) is 7.66. The predicted molar refractivity (Wildman–Crippen MR) is 62.7 cm³/mol. The largest absolute Gasteiger partial charge is 0.331 e. The van der Waals surface area contributed by atoms with E-state index >= 15 is 0 Å². The van der Waals surface area contributed by atoms with Crippen LogP contribution in [0.25, 0.3) is 11.0 Å². The van der Waals surface area contributed by atoms with Crippen molar-refractivity contribution in [3.63, 3.8) is 0 Å². The third-order valence-electron chi connectivity index (χ3n) is 3.26. The molecule has 82 valence electrons. The highest BCUT2D eigenvalue weighted by atomic mass is 16.1. The van der Waals surface area contributed by atoms with Crippen LogP contribution in [0, 0.1) is 0 Å². The van der Waals surface area contributed by atoms with Crippen LogP contribution in [-0.2, 0) is 7.05 Å². The molecular weight excluding hydrogens is 200 g/mol. The number of ketones is 1. The summed E-state index contributed by atoms with van der Waals surface area (Å²) in [4.78, 5) is 16.0. The van der Waals surface area contributed by atoms with Gasteiger partial charge in [0.2, 0.25) is 0 Å². The third kappa shape index (κ3) is 1.35. The summed E-state index contributed by atoms with van der Waals surface area (Å²) in [5.74, 6) is 1.91. The summed E-state index contributed by atoms with van der Waals surface area (Å²) < 4.78 is 2.12. The molecule has 0 radical (unpaired) electrons. The molecule has 3 nitrogen and oxygen atoms in total. The van der Waals surface area contributed by atoms with Gasteiger partial charge in [-0.05, 0) is 38.0 Å². The third-order valence-corrected chi connectivity index (χ3v) is 3.26. The number of benzene rings is 1. The smallest absolute Gasteiger partial charge is 0.159 e. The van der Waals surface area contributed by atoms with Gasteiger partial charge in [0.1, 0.15) is 5.82 Å². The topological polar surface area (TPSA) is 34.9 Å². The normalized spacial score (nSPS) is 15.6. The van der Waals surface area contributed by atoms with Gasteiger partial charge in [-0.15, -0.1) is 0 Å². The van der Waals surface area contributed by atoms with Crippen LogP contribution in [-0.4, -0.2) is 15.3 Å². The van der Waals surface area contributed by atoms with Crippen LogP contribution >= 0.6 is 0 Å². The summed E-state index contributed by atoms with van der Waals surface area (Å²) in [6.07, 6.45) is 2.49. The second kappa shape index (κ2) is 3.17. The molecule has 0 unspecified atom stereocenters. The Morgan fingerprint density at radius 3 is 2.81 bits per heavy atom. The standard InChI is InChI=1S/C13H14N2O/c1-8(16)10-5-6-11-12(7-10)15(2)13(14-11)9-3-4-9/h5-7,9H,3-4H2,1-2H3. The zero-order valence-corrected chi connectivity index (χ0v) is 9.53. The van der Waals surface area contributed by atoms with E-state index in [1.165, 1.54) is 12.8 Å². The minimum atomic E-state index is 0.107. The van der Waals surface area contributed by atoms with Crippen LogP contribution in [0.4, 0.5) is 0 Å². The molecule has 3 rings (SSSR count). The maximum atomic E-state index is 11.3. The lowest BCUT2D eigenvalue weighted by molar-refractivity contribution is 0.101. The van der Waals surface area contributed by atoms with Gasteiger partial charge in [0.15, 0.2) is 5.78 Å². The summed E-state index contributed by atoms with van der Waals surface area (Å²) in [6.45, 7) is 1.60. The van der Waals surface area contributed by atoms with Crippen molar-refractivity contribution >= 4 is 16.8 Å². The fraction of sp³-hybridized carbons (Fsp3) is 0.385. The molecular formula is C13H14N2O. The maximum Gasteiger partial charge on any atom is 0.159 e. The van der Waals surface area contributed by atoms with Gasteiger partial charge in [0.05, 0.1) is 11.0 Å². The van der Waals surface area contributed by atoms with Gasteiger partial charge < -0.3 is 4.57 Å². The van der Waals surface area contributed by atoms with Gasteiger partial charge in [-0.2, -0.15) is 0 Å². The second-order valence-corrected chi connectivity index (χ2v) is 4.56. The van der Waals surface area contributed by atoms with Gasteiger partial charge in [-0.1, -0.05) is 0 Å². The minimum Gasteiger partial charge on any atom is -0.331 e. The molecule has 3 heteroatoms. The van der Waals surface area contributed by atoms with Crippen molar-refractivity contribution in [2.24, 2.45) is 7.05 Å². The summed E-state index contributed by atoms with van der Waals surface area (Å²) >= 11 is 0. The Bertz CT molecular complexity index is 579. The van der Waals surface area contributed by atoms with E-state index in [1.54, 1.807) is 6.92 Å². The average molecular weight is 214 g/mol. The van der Waals surface area contributed by atoms with E-state index in [9.17, 15) is 4.79 Å². The van der Waals surface area contributed by atoms with Crippen LogP contribution in [0.1, 0.15) is 41.9 Å². The zero-order chi connectivity index (χ0) is 11.3. The van der Waals surface area contributed by atoms with Gasteiger partial charge >= 0.3 is 0 Å². The zero-order valence-electron chi connectivity index (χ0n) is 9.53. The molecule has 0 aliphatic heterocycles. The first-order valence-corrected chi connectivity index (χ1v) is 5.64. The molecule has 1 aliphatic rings. The van der Waals surface area contributed by atoms with Crippen LogP contribution in [0.5, 0.6) is 0 Å². The SMILES string of the molecule is CC(=O)c1ccc2nc(C3CC3)n(C)c2c1. The highest BCUT2D eigenvalue weighted by molar-refractivity contribution is 5.97. The first kappa shape index (κ1) is 9.58. The van der Waals surface area contributed by atoms with Crippen molar-refractivity contribution in [3.05, 3.63) is 29.6 Å². The molecule has 0 bridgehead atoms. The highest BCUT2D eigenvalue weighted by Crippen LogP contribution is 2.40. The minimum absolute atomic E-state index is 0.107. The molecule has 0 atom stereocenters. The molecule has 1 heterocycles. The van der Waals surface area contributed by atoms with Gasteiger partial charge in [-0.3, -0.25) is 4.79 Å². The van der Waals surface area contributed by atoms with Crippen LogP contribution < -0.4 is 0 Å². The van der Waals surface area contributed by atoms with Gasteiger partial charge in [0, 0.05) is 18.5 Å². The summed E-state index contributed by atoms with van der Waals surface area (Å²) in [5, 5.41) is 0. The number of carbonyl (C=O) groups is 1. The van der Waals surface area contributed by atoms with Crippen molar-refractivity contribution in [1.29, 1.82) is 0 Å². The van der Waals surface area contributed by atoms with Crippen molar-refractivity contribution in [1.82, 2.24) is 9.55 Å². The van der Waals surface area contributed by atoms with E-state index < -0.39 is 0 Å². The quantitative estimate of drug-likeness (QED) is 0.720. The van der Waals surface area contributed by atoms with Crippen molar-refractivity contribution in [2.75, 3.05) is 0 Å². The Labute approximate surface area is 94.1 Å². The van der Waals surface area contributed by atoms with E-state index in [0.29, 0.717) is 5.92 Å². The van der Waals surface area contributed by atoms with Gasteiger partial charge in [0.25, 0.3) is 0 Å².